The average molecular weight is 443 g/mol. The highest BCUT2D eigenvalue weighted by molar-refractivity contribution is 7.10. The van der Waals surface area contributed by atoms with E-state index in [0.29, 0.717) is 16.3 Å². The fourth-order valence-corrected chi connectivity index (χ4v) is 4.17. The van der Waals surface area contributed by atoms with Crippen LogP contribution in [0.15, 0.2) is 87.4 Å². The number of hydrogen-bond acceptors (Lipinski definition) is 7. The van der Waals surface area contributed by atoms with Crippen molar-refractivity contribution in [3.8, 4) is 5.69 Å². The topological polar surface area (TPSA) is 82.0 Å². The van der Waals surface area contributed by atoms with Crippen molar-refractivity contribution in [1.29, 1.82) is 0 Å². The van der Waals surface area contributed by atoms with Gasteiger partial charge in [0, 0.05) is 5.39 Å². The molecule has 0 spiro atoms. The second-order valence-corrected chi connectivity index (χ2v) is 7.98. The van der Waals surface area contributed by atoms with Crippen LogP contribution in [-0.2, 0) is 4.74 Å². The van der Waals surface area contributed by atoms with Crippen LogP contribution in [0.2, 0.25) is 0 Å². The molecule has 32 heavy (non-hydrogen) atoms. The van der Waals surface area contributed by atoms with Gasteiger partial charge in [0.15, 0.2) is 5.76 Å². The zero-order valence-corrected chi connectivity index (χ0v) is 18.2. The SMILES string of the molecule is COC(=O)c1nn(-c2ccccc2)/c(=N/N=C(/C)c2cc3c(ccc4ccccc43)o2)s1. The van der Waals surface area contributed by atoms with Crippen LogP contribution in [0.25, 0.3) is 27.4 Å². The Balaban J connectivity index is 1.59. The molecule has 2 heterocycles. The molecule has 0 N–H and O–H groups in total. The van der Waals surface area contributed by atoms with Gasteiger partial charge in [0.25, 0.3) is 0 Å². The fraction of sp³-hybridized carbons (Fsp3) is 0.0833. The molecule has 0 saturated carbocycles. The van der Waals surface area contributed by atoms with Crippen LogP contribution in [0.3, 0.4) is 0 Å². The van der Waals surface area contributed by atoms with Gasteiger partial charge in [-0.2, -0.15) is 0 Å². The first kappa shape index (κ1) is 19.9. The first-order chi connectivity index (χ1) is 15.6. The first-order valence-corrected chi connectivity index (χ1v) is 10.7. The molecule has 5 aromatic rings. The molecule has 0 aliphatic heterocycles. The minimum absolute atomic E-state index is 0.193. The van der Waals surface area contributed by atoms with E-state index in [-0.39, 0.29) is 5.01 Å². The van der Waals surface area contributed by atoms with Gasteiger partial charge in [0.05, 0.1) is 12.8 Å². The van der Waals surface area contributed by atoms with Crippen molar-refractivity contribution in [2.45, 2.75) is 6.92 Å². The Hall–Kier alpha value is -4.04. The van der Waals surface area contributed by atoms with Crippen LogP contribution in [-0.4, -0.2) is 28.6 Å². The molecule has 2 aromatic heterocycles. The van der Waals surface area contributed by atoms with Gasteiger partial charge in [-0.3, -0.25) is 0 Å². The lowest BCUT2D eigenvalue weighted by Crippen LogP contribution is -2.14. The lowest BCUT2D eigenvalue weighted by Gasteiger charge is -1.99. The molecule has 158 valence electrons. The summed E-state index contributed by atoms with van der Waals surface area (Å²) < 4.78 is 12.4. The third-order valence-corrected chi connectivity index (χ3v) is 5.87. The normalized spacial score (nSPS) is 12.6. The number of benzene rings is 3. The van der Waals surface area contributed by atoms with Crippen LogP contribution < -0.4 is 4.80 Å². The molecule has 0 aliphatic carbocycles. The van der Waals surface area contributed by atoms with Crippen molar-refractivity contribution < 1.29 is 13.9 Å². The lowest BCUT2D eigenvalue weighted by molar-refractivity contribution is 0.0599. The average Bonchev–Trinajstić information content (AvgIpc) is 3.47. The molecule has 0 fully saturated rings. The van der Waals surface area contributed by atoms with E-state index in [4.69, 9.17) is 9.15 Å². The molecule has 0 bridgehead atoms. The molecule has 0 unspecified atom stereocenters. The molecule has 7 nitrogen and oxygen atoms in total. The minimum atomic E-state index is -0.522. The zero-order chi connectivity index (χ0) is 22.1. The number of methoxy groups -OCH3 is 1. The monoisotopic (exact) mass is 442 g/mol. The Morgan fingerprint density at radius 2 is 1.81 bits per heavy atom. The molecular formula is C24H18N4O3S. The second kappa shape index (κ2) is 8.24. The van der Waals surface area contributed by atoms with Crippen LogP contribution in [0, 0.1) is 0 Å². The number of hydrogen-bond donors (Lipinski definition) is 0. The number of para-hydroxylation sites is 1. The van der Waals surface area contributed by atoms with Crippen molar-refractivity contribution >= 4 is 44.8 Å². The molecule has 5 rings (SSSR count). The Labute approximate surface area is 186 Å². The number of ether oxygens (including phenoxy) is 1. The largest absolute Gasteiger partial charge is 0.464 e. The van der Waals surface area contributed by atoms with Gasteiger partial charge in [0.1, 0.15) is 11.3 Å². The number of fused-ring (bicyclic) bond motifs is 3. The molecule has 0 saturated heterocycles. The van der Waals surface area contributed by atoms with Gasteiger partial charge in [-0.1, -0.05) is 59.9 Å². The van der Waals surface area contributed by atoms with Crippen LogP contribution >= 0.6 is 11.3 Å². The van der Waals surface area contributed by atoms with Gasteiger partial charge < -0.3 is 9.15 Å². The third-order valence-electron chi connectivity index (χ3n) is 4.99. The van der Waals surface area contributed by atoms with E-state index in [1.54, 1.807) is 4.68 Å². The number of nitrogens with zero attached hydrogens (tertiary/aromatic N) is 4. The highest BCUT2D eigenvalue weighted by Crippen LogP contribution is 2.28. The van der Waals surface area contributed by atoms with Crippen LogP contribution in [0.4, 0.5) is 0 Å². The Morgan fingerprint density at radius 1 is 1.03 bits per heavy atom. The predicted molar refractivity (Wildman–Crippen MR) is 124 cm³/mol. The van der Waals surface area contributed by atoms with E-state index in [9.17, 15) is 4.79 Å². The Kier molecular flexibility index (Phi) is 5.12. The van der Waals surface area contributed by atoms with E-state index in [0.717, 1.165) is 38.8 Å². The zero-order valence-electron chi connectivity index (χ0n) is 17.4. The molecule has 8 heteroatoms. The van der Waals surface area contributed by atoms with Crippen LogP contribution in [0.5, 0.6) is 0 Å². The summed E-state index contributed by atoms with van der Waals surface area (Å²) in [6.45, 7) is 1.83. The molecular weight excluding hydrogens is 424 g/mol. The maximum atomic E-state index is 12.0. The fourth-order valence-electron chi connectivity index (χ4n) is 3.39. The highest BCUT2D eigenvalue weighted by atomic mass is 32.1. The summed E-state index contributed by atoms with van der Waals surface area (Å²) in [5.41, 5.74) is 2.16. The van der Waals surface area contributed by atoms with Crippen molar-refractivity contribution in [2.24, 2.45) is 10.2 Å². The highest BCUT2D eigenvalue weighted by Gasteiger charge is 2.15. The summed E-state index contributed by atoms with van der Waals surface area (Å²) in [7, 11) is 1.32. The van der Waals surface area contributed by atoms with Crippen LogP contribution in [0.1, 0.15) is 22.5 Å². The van der Waals surface area contributed by atoms with E-state index in [1.165, 1.54) is 7.11 Å². The number of rotatable bonds is 4. The standard InChI is InChI=1S/C24H18N4O3S/c1-15(21-14-19-18-11-7-6-8-16(18)12-13-20(19)31-21)25-26-24-28(17-9-4-3-5-10-17)27-22(32-24)23(29)30-2/h3-14H,1-2H3/b25-15-,26-24-. The van der Waals surface area contributed by atoms with E-state index in [2.05, 4.69) is 27.4 Å². The third kappa shape index (κ3) is 3.61. The Morgan fingerprint density at radius 3 is 2.62 bits per heavy atom. The van der Waals surface area contributed by atoms with Crippen molar-refractivity contribution in [1.82, 2.24) is 9.78 Å². The van der Waals surface area contributed by atoms with Crippen molar-refractivity contribution in [3.63, 3.8) is 0 Å². The number of esters is 1. The van der Waals surface area contributed by atoms with Gasteiger partial charge in [-0.25, -0.2) is 9.48 Å². The number of furan rings is 1. The van der Waals surface area contributed by atoms with Gasteiger partial charge in [-0.15, -0.1) is 15.3 Å². The van der Waals surface area contributed by atoms with E-state index in [1.807, 2.05) is 67.6 Å². The predicted octanol–water partition coefficient (Wildman–Crippen LogP) is 4.94. The molecule has 0 atom stereocenters. The number of carbonyl (C=O) groups excluding carboxylic acids is 1. The number of aromatic nitrogens is 2. The summed E-state index contributed by atoms with van der Waals surface area (Å²) in [4.78, 5) is 12.4. The Bertz CT molecular complexity index is 1540. The minimum Gasteiger partial charge on any atom is -0.464 e. The summed E-state index contributed by atoms with van der Waals surface area (Å²) in [6, 6.07) is 23.6. The summed E-state index contributed by atoms with van der Waals surface area (Å²) in [6.07, 6.45) is 0. The van der Waals surface area contributed by atoms with Crippen molar-refractivity contribution in [2.75, 3.05) is 7.11 Å². The molecule has 0 aliphatic rings. The maximum Gasteiger partial charge on any atom is 0.369 e. The molecule has 3 aromatic carbocycles. The quantitative estimate of drug-likeness (QED) is 0.224. The number of carbonyl (C=O) groups is 1. The molecule has 0 radical (unpaired) electrons. The summed E-state index contributed by atoms with van der Waals surface area (Å²) >= 11 is 1.10. The molecule has 0 amide bonds. The van der Waals surface area contributed by atoms with E-state index >= 15 is 0 Å². The summed E-state index contributed by atoms with van der Waals surface area (Å²) in [5, 5.41) is 16.6. The second-order valence-electron chi connectivity index (χ2n) is 7.02. The maximum absolute atomic E-state index is 12.0. The van der Waals surface area contributed by atoms with E-state index < -0.39 is 5.97 Å². The van der Waals surface area contributed by atoms with Gasteiger partial charge >= 0.3 is 5.97 Å². The summed E-state index contributed by atoms with van der Waals surface area (Å²) in [5.74, 6) is 0.107. The van der Waals surface area contributed by atoms with Crippen molar-refractivity contribution in [3.05, 3.63) is 88.4 Å². The first-order valence-electron chi connectivity index (χ1n) is 9.88. The smallest absolute Gasteiger partial charge is 0.369 e. The van der Waals surface area contributed by atoms with Gasteiger partial charge in [-0.05, 0) is 42.0 Å². The van der Waals surface area contributed by atoms with Gasteiger partial charge in [0.2, 0.25) is 9.81 Å². The lowest BCUT2D eigenvalue weighted by atomic mass is 10.1.